The number of halogens is 2. The number of carbonyl (C=O) groups excluding carboxylic acids is 1. The van der Waals surface area contributed by atoms with Crippen LogP contribution in [0.3, 0.4) is 0 Å². The van der Waals surface area contributed by atoms with Crippen LogP contribution in [0.15, 0.2) is 18.3 Å². The maximum Gasteiger partial charge on any atom is 0.258 e. The topological polar surface area (TPSA) is 68.2 Å². The van der Waals surface area contributed by atoms with Crippen molar-refractivity contribution in [3.63, 3.8) is 0 Å². The molecule has 1 aromatic carbocycles. The van der Waals surface area contributed by atoms with Crippen LogP contribution < -0.4 is 10.6 Å². The molecule has 114 valence electrons. The summed E-state index contributed by atoms with van der Waals surface area (Å²) < 4.78 is 21.2. The lowest BCUT2D eigenvalue weighted by Crippen LogP contribution is -2.40. The minimum absolute atomic E-state index is 0.0256. The van der Waals surface area contributed by atoms with Gasteiger partial charge in [0, 0.05) is 11.6 Å². The Bertz CT molecular complexity index is 776. The molecule has 0 aliphatic carbocycles. The summed E-state index contributed by atoms with van der Waals surface area (Å²) in [5, 5.41) is 6.09. The number of aromatic nitrogens is 2. The third-order valence-electron chi connectivity index (χ3n) is 3.81. The van der Waals surface area contributed by atoms with Crippen LogP contribution in [0.4, 0.5) is 10.1 Å². The van der Waals surface area contributed by atoms with E-state index in [1.807, 2.05) is 4.57 Å². The zero-order valence-electron chi connectivity index (χ0n) is 11.4. The summed E-state index contributed by atoms with van der Waals surface area (Å²) in [6, 6.07) is 2.67. The van der Waals surface area contributed by atoms with E-state index in [1.54, 1.807) is 12.3 Å². The molecule has 3 heterocycles. The predicted molar refractivity (Wildman–Crippen MR) is 77.1 cm³/mol. The van der Waals surface area contributed by atoms with Crippen molar-refractivity contribution < 1.29 is 13.9 Å². The van der Waals surface area contributed by atoms with E-state index in [2.05, 4.69) is 15.6 Å². The van der Waals surface area contributed by atoms with E-state index < -0.39 is 17.9 Å². The molecule has 0 bridgehead atoms. The molecule has 8 heteroatoms. The molecule has 2 aromatic rings. The molecule has 0 saturated heterocycles. The summed E-state index contributed by atoms with van der Waals surface area (Å²) in [6.07, 6.45) is 1.20. The van der Waals surface area contributed by atoms with Gasteiger partial charge in [0.2, 0.25) is 0 Å². The Kier molecular flexibility index (Phi) is 3.05. The van der Waals surface area contributed by atoms with Crippen molar-refractivity contribution in [2.24, 2.45) is 0 Å². The summed E-state index contributed by atoms with van der Waals surface area (Å²) in [4.78, 5) is 16.5. The molecular weight excluding hydrogens is 311 g/mol. The molecule has 2 aliphatic rings. The molecule has 22 heavy (non-hydrogen) atoms. The van der Waals surface area contributed by atoms with Crippen LogP contribution >= 0.6 is 11.6 Å². The Morgan fingerprint density at radius 2 is 2.27 bits per heavy atom. The molecule has 1 atom stereocenters. The molecule has 6 nitrogen and oxygen atoms in total. The highest BCUT2D eigenvalue weighted by molar-refractivity contribution is 6.31. The second-order valence-electron chi connectivity index (χ2n) is 5.16. The lowest BCUT2D eigenvalue weighted by molar-refractivity contribution is 0.0796. The Balaban J connectivity index is 1.74. The molecule has 0 radical (unpaired) electrons. The van der Waals surface area contributed by atoms with Gasteiger partial charge in [0.1, 0.15) is 24.4 Å². The van der Waals surface area contributed by atoms with Crippen LogP contribution in [0.2, 0.25) is 5.02 Å². The smallest absolute Gasteiger partial charge is 0.258 e. The Morgan fingerprint density at radius 1 is 1.41 bits per heavy atom. The molecule has 4 rings (SSSR count). The Labute approximate surface area is 130 Å². The first-order valence-corrected chi connectivity index (χ1v) is 7.20. The van der Waals surface area contributed by atoms with Crippen LogP contribution in [-0.2, 0) is 17.9 Å². The van der Waals surface area contributed by atoms with Gasteiger partial charge in [-0.05, 0) is 12.1 Å². The SMILES string of the molecule is O=C1NC(c2cnc3n2CCOC3)Nc2cc(Cl)cc(F)c21. The van der Waals surface area contributed by atoms with Gasteiger partial charge in [-0.15, -0.1) is 0 Å². The third-order valence-corrected chi connectivity index (χ3v) is 4.03. The maximum atomic E-state index is 13.9. The van der Waals surface area contributed by atoms with E-state index in [1.165, 1.54) is 0 Å². The number of fused-ring (bicyclic) bond motifs is 2. The Hall–Kier alpha value is -2.12. The highest BCUT2D eigenvalue weighted by Gasteiger charge is 2.30. The average Bonchev–Trinajstić information content (AvgIpc) is 2.89. The van der Waals surface area contributed by atoms with Gasteiger partial charge in [-0.2, -0.15) is 0 Å². The molecule has 0 fully saturated rings. The van der Waals surface area contributed by atoms with Gasteiger partial charge in [0.15, 0.2) is 0 Å². The molecule has 2 aliphatic heterocycles. The van der Waals surface area contributed by atoms with E-state index in [4.69, 9.17) is 16.3 Å². The second-order valence-corrected chi connectivity index (χ2v) is 5.60. The molecule has 1 amide bonds. The third kappa shape index (κ3) is 2.05. The summed E-state index contributed by atoms with van der Waals surface area (Å²) in [6.45, 7) is 1.70. The van der Waals surface area contributed by atoms with Crippen LogP contribution in [0, 0.1) is 5.82 Å². The van der Waals surface area contributed by atoms with Crippen molar-refractivity contribution in [3.05, 3.63) is 46.3 Å². The van der Waals surface area contributed by atoms with Gasteiger partial charge in [-0.1, -0.05) is 11.6 Å². The highest BCUT2D eigenvalue weighted by atomic mass is 35.5. The number of amides is 1. The number of anilines is 1. The lowest BCUT2D eigenvalue weighted by Gasteiger charge is -2.29. The monoisotopic (exact) mass is 322 g/mol. The van der Waals surface area contributed by atoms with E-state index in [0.29, 0.717) is 25.4 Å². The van der Waals surface area contributed by atoms with Crippen molar-refractivity contribution in [3.8, 4) is 0 Å². The maximum absolute atomic E-state index is 13.9. The molecule has 2 N–H and O–H groups in total. The summed E-state index contributed by atoms with van der Waals surface area (Å²) >= 11 is 5.87. The van der Waals surface area contributed by atoms with Crippen LogP contribution in [0.1, 0.15) is 28.0 Å². The minimum atomic E-state index is -0.644. The highest BCUT2D eigenvalue weighted by Crippen LogP contribution is 2.31. The van der Waals surface area contributed by atoms with E-state index in [-0.39, 0.29) is 10.6 Å². The summed E-state index contributed by atoms with van der Waals surface area (Å²) in [7, 11) is 0. The molecule has 0 saturated carbocycles. The first-order valence-electron chi connectivity index (χ1n) is 6.82. The van der Waals surface area contributed by atoms with Crippen molar-refractivity contribution in [1.82, 2.24) is 14.9 Å². The van der Waals surface area contributed by atoms with Gasteiger partial charge < -0.3 is 19.9 Å². The molecular formula is C14H12ClFN4O2. The number of benzene rings is 1. The number of nitrogens with zero attached hydrogens (tertiary/aromatic N) is 2. The second kappa shape index (κ2) is 4.96. The molecule has 1 aromatic heterocycles. The number of rotatable bonds is 1. The van der Waals surface area contributed by atoms with Crippen LogP contribution in [0.5, 0.6) is 0 Å². The predicted octanol–water partition coefficient (Wildman–Crippen LogP) is 2.06. The van der Waals surface area contributed by atoms with Gasteiger partial charge in [-0.25, -0.2) is 9.37 Å². The van der Waals surface area contributed by atoms with Crippen molar-refractivity contribution >= 4 is 23.2 Å². The first-order chi connectivity index (χ1) is 10.6. The standard InChI is InChI=1S/C14H12ClFN4O2/c15-7-3-8(16)12-9(4-7)18-13(19-14(12)21)10-5-17-11-6-22-2-1-20(10)11/h3-5,13,18H,1-2,6H2,(H,19,21). The van der Waals surface area contributed by atoms with Gasteiger partial charge in [-0.3, -0.25) is 4.79 Å². The van der Waals surface area contributed by atoms with Gasteiger partial charge in [0.05, 0.1) is 29.7 Å². The average molecular weight is 323 g/mol. The number of ether oxygens (including phenoxy) is 1. The van der Waals surface area contributed by atoms with Gasteiger partial charge in [0.25, 0.3) is 5.91 Å². The fourth-order valence-electron chi connectivity index (χ4n) is 2.81. The van der Waals surface area contributed by atoms with E-state index in [0.717, 1.165) is 17.6 Å². The van der Waals surface area contributed by atoms with Crippen molar-refractivity contribution in [1.29, 1.82) is 0 Å². The normalized spacial score (nSPS) is 19.9. The summed E-state index contributed by atoms with van der Waals surface area (Å²) in [5.74, 6) is -0.314. The number of hydrogen-bond donors (Lipinski definition) is 2. The summed E-state index contributed by atoms with van der Waals surface area (Å²) in [5.41, 5.74) is 1.15. The number of hydrogen-bond acceptors (Lipinski definition) is 4. The van der Waals surface area contributed by atoms with Crippen LogP contribution in [-0.4, -0.2) is 22.1 Å². The zero-order chi connectivity index (χ0) is 15.3. The largest absolute Gasteiger partial charge is 0.372 e. The lowest BCUT2D eigenvalue weighted by atomic mass is 10.1. The fraction of sp³-hybridized carbons (Fsp3) is 0.286. The number of carbonyl (C=O) groups is 1. The minimum Gasteiger partial charge on any atom is -0.372 e. The quantitative estimate of drug-likeness (QED) is 0.843. The van der Waals surface area contributed by atoms with Gasteiger partial charge >= 0.3 is 0 Å². The first kappa shape index (κ1) is 13.5. The Morgan fingerprint density at radius 3 is 3.14 bits per heavy atom. The fourth-order valence-corrected chi connectivity index (χ4v) is 3.02. The van der Waals surface area contributed by atoms with Crippen molar-refractivity contribution in [2.75, 3.05) is 11.9 Å². The van der Waals surface area contributed by atoms with Crippen LogP contribution in [0.25, 0.3) is 0 Å². The number of nitrogens with one attached hydrogen (secondary N) is 2. The zero-order valence-corrected chi connectivity index (χ0v) is 12.2. The number of imidazole rings is 1. The molecule has 0 spiro atoms. The van der Waals surface area contributed by atoms with Crippen molar-refractivity contribution in [2.45, 2.75) is 19.3 Å². The molecule has 1 unspecified atom stereocenters. The van der Waals surface area contributed by atoms with E-state index in [9.17, 15) is 9.18 Å². The van der Waals surface area contributed by atoms with E-state index >= 15 is 0 Å².